The summed E-state index contributed by atoms with van der Waals surface area (Å²) >= 11 is 3.45. The second kappa shape index (κ2) is 5.06. The monoisotopic (exact) mass is 305 g/mol. The second-order valence-electron chi connectivity index (χ2n) is 4.60. The van der Waals surface area contributed by atoms with Gasteiger partial charge in [0.1, 0.15) is 5.82 Å². The van der Waals surface area contributed by atoms with E-state index in [0.717, 1.165) is 21.3 Å². The lowest BCUT2D eigenvalue weighted by Crippen LogP contribution is -2.06. The summed E-state index contributed by atoms with van der Waals surface area (Å²) in [7, 11) is 0. The molecule has 94 valence electrons. The van der Waals surface area contributed by atoms with E-state index in [1.165, 1.54) is 0 Å². The van der Waals surface area contributed by atoms with Crippen LogP contribution in [-0.2, 0) is 0 Å². The number of aryl methyl sites for hydroxylation is 1. The van der Waals surface area contributed by atoms with Gasteiger partial charge >= 0.3 is 0 Å². The molecule has 0 spiro atoms. The molecule has 3 nitrogen and oxygen atoms in total. The van der Waals surface area contributed by atoms with Crippen LogP contribution < -0.4 is 5.73 Å². The summed E-state index contributed by atoms with van der Waals surface area (Å²) in [6.45, 7) is 6.18. The molecule has 4 heteroatoms. The van der Waals surface area contributed by atoms with E-state index in [4.69, 9.17) is 5.73 Å². The SMILES string of the molecule is Cc1nc(-c2cccc(Br)c2)nc(N)c1C(C)C. The van der Waals surface area contributed by atoms with Crippen molar-refractivity contribution in [2.45, 2.75) is 26.7 Å². The van der Waals surface area contributed by atoms with Crippen LogP contribution >= 0.6 is 15.9 Å². The Bertz CT molecular complexity index is 556. The number of halogens is 1. The van der Waals surface area contributed by atoms with Gasteiger partial charge in [-0.1, -0.05) is 41.9 Å². The predicted octanol–water partition coefficient (Wildman–Crippen LogP) is 3.92. The summed E-state index contributed by atoms with van der Waals surface area (Å²) in [5.74, 6) is 1.59. The van der Waals surface area contributed by atoms with Crippen LogP contribution in [0.5, 0.6) is 0 Å². The maximum Gasteiger partial charge on any atom is 0.161 e. The minimum atomic E-state index is 0.335. The number of benzene rings is 1. The minimum absolute atomic E-state index is 0.335. The fourth-order valence-electron chi connectivity index (χ4n) is 2.07. The molecule has 0 aliphatic heterocycles. The molecule has 0 bridgehead atoms. The third-order valence-electron chi connectivity index (χ3n) is 2.83. The predicted molar refractivity (Wildman–Crippen MR) is 78.4 cm³/mol. The van der Waals surface area contributed by atoms with Gasteiger partial charge in [0.25, 0.3) is 0 Å². The van der Waals surface area contributed by atoms with Crippen LogP contribution in [0.2, 0.25) is 0 Å². The van der Waals surface area contributed by atoms with Crippen LogP contribution in [0.15, 0.2) is 28.7 Å². The zero-order valence-corrected chi connectivity index (χ0v) is 12.3. The van der Waals surface area contributed by atoms with Crippen LogP contribution in [0, 0.1) is 6.92 Å². The van der Waals surface area contributed by atoms with E-state index in [1.54, 1.807) is 0 Å². The number of hydrogen-bond acceptors (Lipinski definition) is 3. The van der Waals surface area contributed by atoms with Gasteiger partial charge in [0, 0.05) is 21.3 Å². The molecule has 0 aliphatic carbocycles. The van der Waals surface area contributed by atoms with E-state index in [0.29, 0.717) is 17.6 Å². The maximum absolute atomic E-state index is 6.04. The Labute approximate surface area is 116 Å². The standard InChI is InChI=1S/C14H16BrN3/c1-8(2)12-9(3)17-14(18-13(12)16)10-5-4-6-11(15)7-10/h4-8H,1-3H3,(H2,16,17,18). The molecule has 18 heavy (non-hydrogen) atoms. The molecule has 2 aromatic rings. The largest absolute Gasteiger partial charge is 0.383 e. The normalized spacial score (nSPS) is 10.9. The fourth-order valence-corrected chi connectivity index (χ4v) is 2.47. The van der Waals surface area contributed by atoms with Crippen LogP contribution in [-0.4, -0.2) is 9.97 Å². The van der Waals surface area contributed by atoms with Crippen molar-refractivity contribution in [3.63, 3.8) is 0 Å². The second-order valence-corrected chi connectivity index (χ2v) is 5.51. The first kappa shape index (κ1) is 13.0. The number of nitrogens with two attached hydrogens (primary N) is 1. The Morgan fingerprint density at radius 3 is 2.50 bits per heavy atom. The highest BCUT2D eigenvalue weighted by Gasteiger charge is 2.13. The zero-order valence-electron chi connectivity index (χ0n) is 10.7. The molecule has 0 fully saturated rings. The quantitative estimate of drug-likeness (QED) is 0.915. The van der Waals surface area contributed by atoms with Gasteiger partial charge in [-0.2, -0.15) is 0 Å². The van der Waals surface area contributed by atoms with Crippen molar-refractivity contribution in [3.8, 4) is 11.4 Å². The van der Waals surface area contributed by atoms with Crippen LogP contribution in [0.1, 0.15) is 31.0 Å². The molecule has 1 aromatic carbocycles. The van der Waals surface area contributed by atoms with Gasteiger partial charge in [0.15, 0.2) is 5.82 Å². The number of anilines is 1. The van der Waals surface area contributed by atoms with E-state index >= 15 is 0 Å². The summed E-state index contributed by atoms with van der Waals surface area (Å²) in [6.07, 6.45) is 0. The number of nitrogen functional groups attached to an aromatic ring is 1. The van der Waals surface area contributed by atoms with Crippen LogP contribution in [0.3, 0.4) is 0 Å². The van der Waals surface area contributed by atoms with Crippen molar-refractivity contribution in [2.24, 2.45) is 0 Å². The van der Waals surface area contributed by atoms with Crippen LogP contribution in [0.4, 0.5) is 5.82 Å². The molecular weight excluding hydrogens is 290 g/mol. The van der Waals surface area contributed by atoms with Crippen molar-refractivity contribution in [3.05, 3.63) is 40.0 Å². The molecule has 0 amide bonds. The molecule has 0 atom stereocenters. The summed E-state index contributed by atoms with van der Waals surface area (Å²) in [4.78, 5) is 8.97. The van der Waals surface area contributed by atoms with Crippen molar-refractivity contribution < 1.29 is 0 Å². The first-order valence-electron chi connectivity index (χ1n) is 5.89. The van der Waals surface area contributed by atoms with Gasteiger partial charge in [-0.15, -0.1) is 0 Å². The van der Waals surface area contributed by atoms with Gasteiger partial charge in [-0.3, -0.25) is 0 Å². The highest BCUT2D eigenvalue weighted by Crippen LogP contribution is 2.27. The Balaban J connectivity index is 2.55. The van der Waals surface area contributed by atoms with Crippen molar-refractivity contribution in [2.75, 3.05) is 5.73 Å². The van der Waals surface area contributed by atoms with Crippen LogP contribution in [0.25, 0.3) is 11.4 Å². The Morgan fingerprint density at radius 2 is 1.94 bits per heavy atom. The fraction of sp³-hybridized carbons (Fsp3) is 0.286. The molecule has 1 aromatic heterocycles. The molecule has 1 heterocycles. The lowest BCUT2D eigenvalue weighted by atomic mass is 10.0. The number of hydrogen-bond donors (Lipinski definition) is 1. The van der Waals surface area contributed by atoms with E-state index in [1.807, 2.05) is 31.2 Å². The van der Waals surface area contributed by atoms with Gasteiger partial charge in [-0.05, 0) is 25.0 Å². The van der Waals surface area contributed by atoms with E-state index < -0.39 is 0 Å². The number of rotatable bonds is 2. The lowest BCUT2D eigenvalue weighted by Gasteiger charge is -2.13. The molecular formula is C14H16BrN3. The van der Waals surface area contributed by atoms with E-state index in [-0.39, 0.29) is 0 Å². The average molecular weight is 306 g/mol. The summed E-state index contributed by atoms with van der Waals surface area (Å²) in [6, 6.07) is 7.91. The topological polar surface area (TPSA) is 51.8 Å². The summed E-state index contributed by atoms with van der Waals surface area (Å²) in [5, 5.41) is 0. The molecule has 0 aliphatic rings. The molecule has 0 unspecified atom stereocenters. The van der Waals surface area contributed by atoms with Crippen molar-refractivity contribution in [1.82, 2.24) is 9.97 Å². The first-order chi connectivity index (χ1) is 8.49. The zero-order chi connectivity index (χ0) is 13.3. The number of nitrogens with zero attached hydrogens (tertiary/aromatic N) is 2. The third kappa shape index (κ3) is 2.53. The van der Waals surface area contributed by atoms with E-state index in [9.17, 15) is 0 Å². The highest BCUT2D eigenvalue weighted by atomic mass is 79.9. The first-order valence-corrected chi connectivity index (χ1v) is 6.68. The van der Waals surface area contributed by atoms with E-state index in [2.05, 4.69) is 39.7 Å². The van der Waals surface area contributed by atoms with Gasteiger partial charge in [0.2, 0.25) is 0 Å². The Kier molecular flexibility index (Phi) is 3.66. The minimum Gasteiger partial charge on any atom is -0.383 e. The van der Waals surface area contributed by atoms with Gasteiger partial charge in [-0.25, -0.2) is 9.97 Å². The Hall–Kier alpha value is -1.42. The summed E-state index contributed by atoms with van der Waals surface area (Å²) in [5.41, 5.74) is 8.99. The maximum atomic E-state index is 6.04. The Morgan fingerprint density at radius 1 is 1.22 bits per heavy atom. The van der Waals surface area contributed by atoms with Crippen molar-refractivity contribution >= 4 is 21.7 Å². The number of aromatic nitrogens is 2. The molecule has 0 saturated heterocycles. The van der Waals surface area contributed by atoms with Crippen molar-refractivity contribution in [1.29, 1.82) is 0 Å². The lowest BCUT2D eigenvalue weighted by molar-refractivity contribution is 0.836. The molecule has 0 radical (unpaired) electrons. The molecule has 2 N–H and O–H groups in total. The van der Waals surface area contributed by atoms with Gasteiger partial charge in [0.05, 0.1) is 0 Å². The highest BCUT2D eigenvalue weighted by molar-refractivity contribution is 9.10. The third-order valence-corrected chi connectivity index (χ3v) is 3.32. The average Bonchev–Trinajstić information content (AvgIpc) is 2.27. The summed E-state index contributed by atoms with van der Waals surface area (Å²) < 4.78 is 1.01. The molecule has 2 rings (SSSR count). The van der Waals surface area contributed by atoms with Gasteiger partial charge < -0.3 is 5.73 Å². The molecule has 0 saturated carbocycles. The smallest absolute Gasteiger partial charge is 0.161 e.